The van der Waals surface area contributed by atoms with Gasteiger partial charge in [0.2, 0.25) is 0 Å². The first-order chi connectivity index (χ1) is 6.74. The Morgan fingerprint density at radius 2 is 2.07 bits per heavy atom. The van der Waals surface area contributed by atoms with Gasteiger partial charge in [0.05, 0.1) is 11.6 Å². The average molecular weight is 232 g/mol. The van der Waals surface area contributed by atoms with Crippen LogP contribution in [0.1, 0.15) is 11.6 Å². The molecule has 0 amide bonds. The minimum atomic E-state index is -0.193. The molecular formula is C10H11Cl2NO. The first-order valence-corrected chi connectivity index (χ1v) is 4.94. The first kappa shape index (κ1) is 11.4. The van der Waals surface area contributed by atoms with Gasteiger partial charge in [-0.3, -0.25) is 0 Å². The summed E-state index contributed by atoms with van der Waals surface area (Å²) in [4.78, 5) is 0. The van der Waals surface area contributed by atoms with Crippen molar-refractivity contribution in [3.63, 3.8) is 0 Å². The van der Waals surface area contributed by atoms with Crippen LogP contribution in [0.3, 0.4) is 0 Å². The summed E-state index contributed by atoms with van der Waals surface area (Å²) in [6.45, 7) is 0.312. The van der Waals surface area contributed by atoms with E-state index in [9.17, 15) is 0 Å². The van der Waals surface area contributed by atoms with E-state index < -0.39 is 0 Å². The first-order valence-electron chi connectivity index (χ1n) is 4.13. The molecule has 2 nitrogen and oxygen atoms in total. The lowest BCUT2D eigenvalue weighted by molar-refractivity contribution is 0.216. The molecule has 76 valence electrons. The quantitative estimate of drug-likeness (QED) is 0.810. The Kier molecular flexibility index (Phi) is 4.80. The number of hydrogen-bond donors (Lipinski definition) is 1. The van der Waals surface area contributed by atoms with Crippen LogP contribution in [-0.2, 0) is 4.74 Å². The van der Waals surface area contributed by atoms with Gasteiger partial charge in [0.1, 0.15) is 6.61 Å². The number of benzene rings is 1. The summed E-state index contributed by atoms with van der Waals surface area (Å²) in [5, 5.41) is 0.151. The average Bonchev–Trinajstić information content (AvgIpc) is 2.26. The molecule has 4 heteroatoms. The molecule has 0 aliphatic heterocycles. The van der Waals surface area contributed by atoms with Crippen LogP contribution < -0.4 is 5.73 Å². The zero-order chi connectivity index (χ0) is 10.4. The summed E-state index contributed by atoms with van der Waals surface area (Å²) in [7, 11) is 0. The van der Waals surface area contributed by atoms with Crippen LogP contribution in [0.25, 0.3) is 0 Å². The van der Waals surface area contributed by atoms with Gasteiger partial charge in [-0.15, -0.1) is 0 Å². The highest BCUT2D eigenvalue weighted by Gasteiger charge is 2.05. The van der Waals surface area contributed by atoms with Crippen molar-refractivity contribution in [2.45, 2.75) is 6.04 Å². The monoisotopic (exact) mass is 231 g/mol. The molecule has 0 saturated carbocycles. The maximum Gasteiger partial charge on any atom is 0.198 e. The molecule has 0 aliphatic rings. The van der Waals surface area contributed by atoms with Crippen LogP contribution in [-0.4, -0.2) is 6.61 Å². The maximum atomic E-state index is 5.84. The van der Waals surface area contributed by atoms with Crippen molar-refractivity contribution in [1.29, 1.82) is 0 Å². The van der Waals surface area contributed by atoms with Gasteiger partial charge in [0.25, 0.3) is 0 Å². The minimum Gasteiger partial charge on any atom is -0.480 e. The third kappa shape index (κ3) is 3.58. The van der Waals surface area contributed by atoms with E-state index in [4.69, 9.17) is 33.7 Å². The second kappa shape index (κ2) is 5.91. The van der Waals surface area contributed by atoms with E-state index in [0.29, 0.717) is 6.61 Å². The molecule has 1 rings (SSSR count). The fourth-order valence-electron chi connectivity index (χ4n) is 0.997. The van der Waals surface area contributed by atoms with Crippen LogP contribution in [0.5, 0.6) is 0 Å². The summed E-state index contributed by atoms with van der Waals surface area (Å²) < 4.78 is 5.08. The molecule has 0 heterocycles. The van der Waals surface area contributed by atoms with E-state index in [1.807, 2.05) is 30.3 Å². The van der Waals surface area contributed by atoms with Crippen molar-refractivity contribution in [1.82, 2.24) is 0 Å². The van der Waals surface area contributed by atoms with Crippen LogP contribution >= 0.6 is 23.2 Å². The molecule has 0 unspecified atom stereocenters. The lowest BCUT2D eigenvalue weighted by atomic mass is 10.1. The number of halogens is 2. The number of rotatable bonds is 4. The van der Waals surface area contributed by atoms with Crippen LogP contribution in [0.15, 0.2) is 41.1 Å². The zero-order valence-corrected chi connectivity index (χ0v) is 9.00. The lowest BCUT2D eigenvalue weighted by Gasteiger charge is -2.12. The van der Waals surface area contributed by atoms with Crippen molar-refractivity contribution in [3.8, 4) is 0 Å². The van der Waals surface area contributed by atoms with Crippen molar-refractivity contribution in [2.24, 2.45) is 5.73 Å². The van der Waals surface area contributed by atoms with E-state index >= 15 is 0 Å². The third-order valence-electron chi connectivity index (χ3n) is 1.71. The summed E-state index contributed by atoms with van der Waals surface area (Å²) in [5.41, 5.74) is 8.02. The number of nitrogens with two attached hydrogens (primary N) is 1. The zero-order valence-electron chi connectivity index (χ0n) is 7.49. The summed E-state index contributed by atoms with van der Waals surface area (Å²) in [6.07, 6.45) is 0. The Morgan fingerprint density at radius 1 is 1.43 bits per heavy atom. The summed E-state index contributed by atoms with van der Waals surface area (Å²) >= 11 is 10.9. The molecule has 1 aromatic rings. The second-order valence-corrected chi connectivity index (χ2v) is 3.33. The summed E-state index contributed by atoms with van der Waals surface area (Å²) in [5.74, 6) is 0. The highest BCUT2D eigenvalue weighted by atomic mass is 35.5. The van der Waals surface area contributed by atoms with Gasteiger partial charge >= 0.3 is 0 Å². The maximum absolute atomic E-state index is 5.84. The molecule has 1 aromatic carbocycles. The van der Waals surface area contributed by atoms with E-state index in [1.165, 1.54) is 5.54 Å². The van der Waals surface area contributed by atoms with Crippen molar-refractivity contribution in [3.05, 3.63) is 46.6 Å². The molecule has 14 heavy (non-hydrogen) atoms. The van der Waals surface area contributed by atoms with Gasteiger partial charge in [-0.25, -0.2) is 0 Å². The Morgan fingerprint density at radius 3 is 2.64 bits per heavy atom. The second-order valence-electron chi connectivity index (χ2n) is 2.74. The van der Waals surface area contributed by atoms with E-state index in [0.717, 1.165) is 5.56 Å². The van der Waals surface area contributed by atoms with Gasteiger partial charge in [-0.2, -0.15) is 0 Å². The fourth-order valence-corrected chi connectivity index (χ4v) is 1.12. The molecule has 0 saturated heterocycles. The molecule has 0 bridgehead atoms. The predicted molar refractivity (Wildman–Crippen MR) is 59.1 cm³/mol. The highest BCUT2D eigenvalue weighted by molar-refractivity contribution is 6.35. The van der Waals surface area contributed by atoms with Crippen molar-refractivity contribution >= 4 is 23.2 Å². The minimum absolute atomic E-state index is 0.151. The van der Waals surface area contributed by atoms with E-state index in [1.54, 1.807) is 0 Å². The largest absolute Gasteiger partial charge is 0.480 e. The summed E-state index contributed by atoms with van der Waals surface area (Å²) in [6, 6.07) is 9.46. The van der Waals surface area contributed by atoms with Gasteiger partial charge in [-0.1, -0.05) is 41.9 Å². The third-order valence-corrected chi connectivity index (χ3v) is 2.24. The van der Waals surface area contributed by atoms with E-state index in [-0.39, 0.29) is 11.3 Å². The highest BCUT2D eigenvalue weighted by Crippen LogP contribution is 2.13. The SMILES string of the molecule is N[C@H](CO/C(Cl)=C\Cl)c1ccccc1. The number of ether oxygens (including phenoxy) is 1. The smallest absolute Gasteiger partial charge is 0.198 e. The lowest BCUT2D eigenvalue weighted by Crippen LogP contribution is -2.16. The topological polar surface area (TPSA) is 35.2 Å². The molecule has 0 spiro atoms. The van der Waals surface area contributed by atoms with Crippen LogP contribution in [0.4, 0.5) is 0 Å². The Labute approximate surface area is 93.3 Å². The molecule has 0 aromatic heterocycles. The standard InChI is InChI=1S/C10H11Cl2NO/c11-6-10(12)14-7-9(13)8-4-2-1-3-5-8/h1-6,9H,7,13H2/b10-6-/t9-/m1/s1. The van der Waals surface area contributed by atoms with Gasteiger partial charge in [0, 0.05) is 0 Å². The normalized spacial score (nSPS) is 13.8. The number of hydrogen-bond acceptors (Lipinski definition) is 2. The van der Waals surface area contributed by atoms with Gasteiger partial charge in [-0.05, 0) is 17.2 Å². The predicted octanol–water partition coefficient (Wildman–Crippen LogP) is 2.98. The Balaban J connectivity index is 2.47. The Bertz CT molecular complexity index is 300. The molecule has 1 atom stereocenters. The van der Waals surface area contributed by atoms with Gasteiger partial charge in [0.15, 0.2) is 5.22 Å². The van der Waals surface area contributed by atoms with E-state index in [2.05, 4.69) is 0 Å². The molecule has 2 N–H and O–H groups in total. The van der Waals surface area contributed by atoms with Crippen molar-refractivity contribution < 1.29 is 4.74 Å². The Hall–Kier alpha value is -0.700. The van der Waals surface area contributed by atoms with Crippen LogP contribution in [0.2, 0.25) is 0 Å². The van der Waals surface area contributed by atoms with Crippen LogP contribution in [0, 0.1) is 0 Å². The molecule has 0 fully saturated rings. The molecular weight excluding hydrogens is 221 g/mol. The molecule has 0 radical (unpaired) electrons. The molecule has 0 aliphatic carbocycles. The van der Waals surface area contributed by atoms with Crippen molar-refractivity contribution in [2.75, 3.05) is 6.61 Å². The fraction of sp³-hybridized carbons (Fsp3) is 0.200. The van der Waals surface area contributed by atoms with Gasteiger partial charge < -0.3 is 10.5 Å².